The topological polar surface area (TPSA) is 120 Å². The van der Waals surface area contributed by atoms with Gasteiger partial charge in [-0.15, -0.1) is 10.2 Å². The first-order valence-corrected chi connectivity index (χ1v) is 6.22. The van der Waals surface area contributed by atoms with E-state index in [1.807, 2.05) is 0 Å². The molecule has 0 spiro atoms. The van der Waals surface area contributed by atoms with Crippen LogP contribution < -0.4 is 10.9 Å². The lowest BCUT2D eigenvalue weighted by molar-refractivity contribution is 0.0959. The minimum atomic E-state index is -0.637. The lowest BCUT2D eigenvalue weighted by Gasteiger charge is -2.10. The van der Waals surface area contributed by atoms with Crippen LogP contribution >= 0.6 is 11.6 Å². The number of hydrogen-bond acceptors (Lipinski definition) is 7. The second kappa shape index (κ2) is 5.80. The molecule has 8 nitrogen and oxygen atoms in total. The van der Waals surface area contributed by atoms with E-state index in [0.29, 0.717) is 5.56 Å². The van der Waals surface area contributed by atoms with E-state index in [9.17, 15) is 15.0 Å². The van der Waals surface area contributed by atoms with E-state index in [4.69, 9.17) is 11.6 Å². The summed E-state index contributed by atoms with van der Waals surface area (Å²) >= 11 is 5.80. The fraction of sp³-hybridized carbons (Fsp3) is 0.167. The molecule has 0 aliphatic rings. The molecule has 1 amide bonds. The van der Waals surface area contributed by atoms with E-state index in [1.54, 1.807) is 6.92 Å². The zero-order chi connectivity index (χ0) is 15.6. The lowest BCUT2D eigenvalue weighted by Crippen LogP contribution is -2.30. The van der Waals surface area contributed by atoms with Gasteiger partial charge < -0.3 is 10.2 Å². The monoisotopic (exact) mass is 309 g/mol. The Hall–Kier alpha value is -2.61. The number of benzene rings is 1. The van der Waals surface area contributed by atoms with Crippen molar-refractivity contribution < 1.29 is 15.0 Å². The molecule has 2 rings (SSSR count). The van der Waals surface area contributed by atoms with Crippen LogP contribution in [-0.2, 0) is 0 Å². The standard InChI is InChI=1S/C12H12ClN5O3/c1-5-3-7(9(19)8(13)4-5)11(21)16-18-12-14-10(20)6(2)15-17-12/h3-4,19H,1-2H3,(H,16,21)(H2,14,17,18,20). The van der Waals surface area contributed by atoms with Crippen molar-refractivity contribution in [1.29, 1.82) is 0 Å². The van der Waals surface area contributed by atoms with Crippen LogP contribution in [0.25, 0.3) is 0 Å². The summed E-state index contributed by atoms with van der Waals surface area (Å²) in [4.78, 5) is 15.6. The number of nitrogens with zero attached hydrogens (tertiary/aromatic N) is 3. The highest BCUT2D eigenvalue weighted by Crippen LogP contribution is 2.28. The number of hydrazine groups is 1. The van der Waals surface area contributed by atoms with Gasteiger partial charge in [-0.3, -0.25) is 15.6 Å². The molecular formula is C12H12ClN5O3. The van der Waals surface area contributed by atoms with Gasteiger partial charge in [0.25, 0.3) is 11.9 Å². The maximum Gasteiger partial charge on any atom is 0.273 e. The quantitative estimate of drug-likeness (QED) is 0.631. The zero-order valence-corrected chi connectivity index (χ0v) is 11.9. The number of phenols is 1. The molecule has 1 aromatic carbocycles. The summed E-state index contributed by atoms with van der Waals surface area (Å²) in [5.74, 6) is -1.36. The number of anilines is 1. The first-order chi connectivity index (χ1) is 9.88. The van der Waals surface area contributed by atoms with E-state index < -0.39 is 5.91 Å². The van der Waals surface area contributed by atoms with Crippen molar-refractivity contribution in [2.75, 3.05) is 5.43 Å². The van der Waals surface area contributed by atoms with Gasteiger partial charge in [0.15, 0.2) is 0 Å². The molecule has 0 atom stereocenters. The molecule has 0 aliphatic carbocycles. The Morgan fingerprint density at radius 3 is 2.62 bits per heavy atom. The summed E-state index contributed by atoms with van der Waals surface area (Å²) in [6, 6.07) is 3.01. The smallest absolute Gasteiger partial charge is 0.273 e. The number of aromatic hydroxyl groups is 2. The minimum absolute atomic E-state index is 0.00297. The Morgan fingerprint density at radius 1 is 1.24 bits per heavy atom. The highest BCUT2D eigenvalue weighted by molar-refractivity contribution is 6.32. The van der Waals surface area contributed by atoms with E-state index >= 15 is 0 Å². The SMILES string of the molecule is Cc1cc(Cl)c(O)c(C(=O)NNc2nnc(C)c(O)n2)c1. The Bertz CT molecular complexity index is 708. The zero-order valence-electron chi connectivity index (χ0n) is 11.2. The van der Waals surface area contributed by atoms with Crippen LogP contribution in [0.15, 0.2) is 12.1 Å². The van der Waals surface area contributed by atoms with Gasteiger partial charge in [-0.05, 0) is 31.5 Å². The fourth-order valence-electron chi connectivity index (χ4n) is 1.51. The number of carbonyl (C=O) groups excluding carboxylic acids is 1. The molecule has 0 unspecified atom stereocenters. The summed E-state index contributed by atoms with van der Waals surface area (Å²) in [6.07, 6.45) is 0. The summed E-state index contributed by atoms with van der Waals surface area (Å²) in [6.45, 7) is 3.27. The van der Waals surface area contributed by atoms with Crippen molar-refractivity contribution in [3.8, 4) is 11.6 Å². The van der Waals surface area contributed by atoms with Crippen LogP contribution in [0.3, 0.4) is 0 Å². The highest BCUT2D eigenvalue weighted by atomic mass is 35.5. The van der Waals surface area contributed by atoms with Crippen LogP contribution in [0.1, 0.15) is 21.6 Å². The first-order valence-electron chi connectivity index (χ1n) is 5.84. The Kier molecular flexibility index (Phi) is 4.08. The summed E-state index contributed by atoms with van der Waals surface area (Å²) in [7, 11) is 0. The van der Waals surface area contributed by atoms with Gasteiger partial charge in [-0.1, -0.05) is 11.6 Å². The largest absolute Gasteiger partial charge is 0.506 e. The van der Waals surface area contributed by atoms with Crippen molar-refractivity contribution in [3.63, 3.8) is 0 Å². The number of halogens is 1. The third-order valence-corrected chi connectivity index (χ3v) is 2.86. The van der Waals surface area contributed by atoms with Gasteiger partial charge in [0.05, 0.1) is 10.6 Å². The second-order valence-corrected chi connectivity index (χ2v) is 4.67. The van der Waals surface area contributed by atoms with Crippen LogP contribution in [0.2, 0.25) is 5.02 Å². The van der Waals surface area contributed by atoms with Gasteiger partial charge in [-0.25, -0.2) is 0 Å². The molecule has 0 saturated carbocycles. The molecule has 110 valence electrons. The predicted molar refractivity (Wildman–Crippen MR) is 75.2 cm³/mol. The molecule has 2 aromatic rings. The van der Waals surface area contributed by atoms with Crippen LogP contribution in [0.5, 0.6) is 11.6 Å². The molecule has 4 N–H and O–H groups in total. The second-order valence-electron chi connectivity index (χ2n) is 4.27. The molecule has 1 heterocycles. The van der Waals surface area contributed by atoms with Crippen molar-refractivity contribution >= 4 is 23.5 Å². The Morgan fingerprint density at radius 2 is 1.95 bits per heavy atom. The van der Waals surface area contributed by atoms with Crippen LogP contribution in [0.4, 0.5) is 5.95 Å². The normalized spacial score (nSPS) is 10.2. The van der Waals surface area contributed by atoms with Gasteiger partial charge in [0.1, 0.15) is 11.4 Å². The van der Waals surface area contributed by atoms with Crippen molar-refractivity contribution in [1.82, 2.24) is 20.6 Å². The van der Waals surface area contributed by atoms with E-state index in [0.717, 1.165) is 0 Å². The number of hydrogen-bond donors (Lipinski definition) is 4. The summed E-state index contributed by atoms with van der Waals surface area (Å²) < 4.78 is 0. The average molecular weight is 310 g/mol. The van der Waals surface area contributed by atoms with Crippen molar-refractivity contribution in [2.45, 2.75) is 13.8 Å². The lowest BCUT2D eigenvalue weighted by atomic mass is 10.1. The van der Waals surface area contributed by atoms with Gasteiger partial charge in [0, 0.05) is 0 Å². The average Bonchev–Trinajstić information content (AvgIpc) is 2.43. The van der Waals surface area contributed by atoms with Gasteiger partial charge in [0.2, 0.25) is 5.88 Å². The number of amides is 1. The third-order valence-electron chi connectivity index (χ3n) is 2.57. The summed E-state index contributed by atoms with van der Waals surface area (Å²) in [5, 5.41) is 26.5. The number of carbonyl (C=O) groups is 1. The van der Waals surface area contributed by atoms with Crippen LogP contribution in [0, 0.1) is 13.8 Å². The molecule has 21 heavy (non-hydrogen) atoms. The minimum Gasteiger partial charge on any atom is -0.506 e. The fourth-order valence-corrected chi connectivity index (χ4v) is 1.79. The molecular weight excluding hydrogens is 298 g/mol. The van der Waals surface area contributed by atoms with Gasteiger partial charge >= 0.3 is 0 Å². The maximum atomic E-state index is 12.0. The number of aryl methyl sites for hydroxylation is 2. The van der Waals surface area contributed by atoms with Crippen molar-refractivity contribution in [2.24, 2.45) is 0 Å². The molecule has 0 fully saturated rings. The first kappa shape index (κ1) is 14.8. The number of nitrogens with one attached hydrogen (secondary N) is 2. The van der Waals surface area contributed by atoms with E-state index in [1.165, 1.54) is 19.1 Å². The molecule has 0 aliphatic heterocycles. The maximum absolute atomic E-state index is 12.0. The van der Waals surface area contributed by atoms with Gasteiger partial charge in [-0.2, -0.15) is 4.98 Å². The Labute approximate surface area is 124 Å². The molecule has 0 bridgehead atoms. The molecule has 0 saturated heterocycles. The Balaban J connectivity index is 2.13. The van der Waals surface area contributed by atoms with E-state index in [-0.39, 0.29) is 33.9 Å². The number of phenolic OH excluding ortho intramolecular Hbond substituents is 1. The molecule has 0 radical (unpaired) electrons. The number of aromatic nitrogens is 3. The van der Waals surface area contributed by atoms with E-state index in [2.05, 4.69) is 26.0 Å². The van der Waals surface area contributed by atoms with Crippen LogP contribution in [-0.4, -0.2) is 31.3 Å². The van der Waals surface area contributed by atoms with Crippen molar-refractivity contribution in [3.05, 3.63) is 34.0 Å². The summed E-state index contributed by atoms with van der Waals surface area (Å²) in [5.41, 5.74) is 5.62. The third kappa shape index (κ3) is 3.29. The predicted octanol–water partition coefficient (Wildman–Crippen LogP) is 1.31. The number of rotatable bonds is 3. The molecule has 9 heteroatoms. The highest BCUT2D eigenvalue weighted by Gasteiger charge is 2.15. The molecule has 1 aromatic heterocycles.